The summed E-state index contributed by atoms with van der Waals surface area (Å²) in [6, 6.07) is -1.01. The molecular formula is C14H19NO4. The molecule has 19 heavy (non-hydrogen) atoms. The van der Waals surface area contributed by atoms with E-state index in [1.807, 2.05) is 0 Å². The molecule has 3 rings (SSSR count). The van der Waals surface area contributed by atoms with Gasteiger partial charge in [-0.05, 0) is 37.0 Å². The first kappa shape index (κ1) is 12.6. The van der Waals surface area contributed by atoms with Gasteiger partial charge in [0.05, 0.1) is 11.8 Å². The van der Waals surface area contributed by atoms with Crippen molar-refractivity contribution >= 4 is 17.8 Å². The number of imide groups is 1. The van der Waals surface area contributed by atoms with Crippen LogP contribution >= 0.6 is 0 Å². The number of aliphatic carboxylic acids is 1. The monoisotopic (exact) mass is 265 g/mol. The van der Waals surface area contributed by atoms with Crippen LogP contribution in [0.4, 0.5) is 0 Å². The number of hydrogen-bond donors (Lipinski definition) is 1. The topological polar surface area (TPSA) is 74.7 Å². The van der Waals surface area contributed by atoms with Crippen molar-refractivity contribution in [2.24, 2.45) is 29.6 Å². The van der Waals surface area contributed by atoms with E-state index in [0.717, 1.165) is 24.2 Å². The minimum atomic E-state index is -1.08. The molecule has 1 saturated heterocycles. The first-order chi connectivity index (χ1) is 8.93. The first-order valence-electron chi connectivity index (χ1n) is 7.03. The maximum atomic E-state index is 12.5. The van der Waals surface area contributed by atoms with E-state index in [1.165, 1.54) is 0 Å². The van der Waals surface area contributed by atoms with E-state index in [2.05, 4.69) is 0 Å². The van der Waals surface area contributed by atoms with Gasteiger partial charge in [-0.25, -0.2) is 4.79 Å². The average Bonchev–Trinajstić information content (AvgIpc) is 2.97. The largest absolute Gasteiger partial charge is 0.480 e. The average molecular weight is 265 g/mol. The molecule has 2 saturated carbocycles. The van der Waals surface area contributed by atoms with Crippen LogP contribution in [0.1, 0.15) is 33.1 Å². The molecule has 0 radical (unpaired) electrons. The fourth-order valence-corrected chi connectivity index (χ4v) is 4.40. The zero-order valence-electron chi connectivity index (χ0n) is 11.2. The van der Waals surface area contributed by atoms with Gasteiger partial charge in [0.2, 0.25) is 11.8 Å². The van der Waals surface area contributed by atoms with E-state index in [-0.39, 0.29) is 29.6 Å². The summed E-state index contributed by atoms with van der Waals surface area (Å²) in [5.74, 6) is -1.66. The quantitative estimate of drug-likeness (QED) is 0.776. The summed E-state index contributed by atoms with van der Waals surface area (Å²) in [5.41, 5.74) is 0. The minimum Gasteiger partial charge on any atom is -0.480 e. The molecule has 5 nitrogen and oxygen atoms in total. The number of fused-ring (bicyclic) bond motifs is 5. The SMILES string of the molecule is CC(C)C(C(=O)O)N1C(=O)[C@@H]2[C@H]3CC[C@H](C3)[C@@H]2C1=O. The van der Waals surface area contributed by atoms with Gasteiger partial charge in [0.1, 0.15) is 6.04 Å². The first-order valence-corrected chi connectivity index (χ1v) is 7.03. The van der Waals surface area contributed by atoms with E-state index in [0.29, 0.717) is 11.8 Å². The number of likely N-dealkylation sites (tertiary alicyclic amines) is 1. The van der Waals surface area contributed by atoms with Gasteiger partial charge in [0.15, 0.2) is 0 Å². The van der Waals surface area contributed by atoms with Crippen LogP contribution in [0.15, 0.2) is 0 Å². The van der Waals surface area contributed by atoms with Gasteiger partial charge in [0, 0.05) is 0 Å². The molecule has 2 bridgehead atoms. The second-order valence-corrected chi connectivity index (χ2v) is 6.46. The van der Waals surface area contributed by atoms with Crippen LogP contribution < -0.4 is 0 Å². The van der Waals surface area contributed by atoms with Crippen molar-refractivity contribution < 1.29 is 19.5 Å². The van der Waals surface area contributed by atoms with E-state index in [4.69, 9.17) is 0 Å². The van der Waals surface area contributed by atoms with Crippen LogP contribution in [0.2, 0.25) is 0 Å². The molecule has 1 heterocycles. The zero-order chi connectivity index (χ0) is 13.9. The Morgan fingerprint density at radius 3 is 2.00 bits per heavy atom. The predicted molar refractivity (Wildman–Crippen MR) is 65.9 cm³/mol. The van der Waals surface area contributed by atoms with Crippen LogP contribution in [0.3, 0.4) is 0 Å². The van der Waals surface area contributed by atoms with Gasteiger partial charge in [-0.1, -0.05) is 13.8 Å². The summed E-state index contributed by atoms with van der Waals surface area (Å²) in [7, 11) is 0. The molecule has 1 aliphatic heterocycles. The third kappa shape index (κ3) is 1.56. The highest BCUT2D eigenvalue weighted by molar-refractivity contribution is 6.08. The predicted octanol–water partition coefficient (Wildman–Crippen LogP) is 1.13. The third-order valence-corrected chi connectivity index (χ3v) is 5.12. The van der Waals surface area contributed by atoms with Crippen molar-refractivity contribution in [3.8, 4) is 0 Å². The van der Waals surface area contributed by atoms with Gasteiger partial charge < -0.3 is 5.11 Å². The Morgan fingerprint density at radius 1 is 1.16 bits per heavy atom. The van der Waals surface area contributed by atoms with Crippen LogP contribution in [0.25, 0.3) is 0 Å². The number of carboxylic acid groups (broad SMARTS) is 1. The van der Waals surface area contributed by atoms with Crippen LogP contribution in [-0.2, 0) is 14.4 Å². The molecule has 104 valence electrons. The van der Waals surface area contributed by atoms with Crippen LogP contribution in [0, 0.1) is 29.6 Å². The van der Waals surface area contributed by atoms with Gasteiger partial charge in [-0.15, -0.1) is 0 Å². The maximum Gasteiger partial charge on any atom is 0.327 e. The van der Waals surface area contributed by atoms with Crippen molar-refractivity contribution in [3.63, 3.8) is 0 Å². The molecule has 0 aromatic heterocycles. The molecule has 0 spiro atoms. The molecule has 3 fully saturated rings. The van der Waals surface area contributed by atoms with Crippen molar-refractivity contribution in [2.45, 2.75) is 39.2 Å². The molecule has 0 aromatic rings. The van der Waals surface area contributed by atoms with E-state index < -0.39 is 12.0 Å². The number of nitrogens with zero attached hydrogens (tertiary/aromatic N) is 1. The van der Waals surface area contributed by atoms with E-state index in [9.17, 15) is 19.5 Å². The Kier molecular flexibility index (Phi) is 2.69. The Bertz CT molecular complexity index is 430. The highest BCUT2D eigenvalue weighted by Crippen LogP contribution is 2.56. The fraction of sp³-hybridized carbons (Fsp3) is 0.786. The molecule has 0 aromatic carbocycles. The molecule has 5 heteroatoms. The maximum absolute atomic E-state index is 12.5. The lowest BCUT2D eigenvalue weighted by atomic mass is 9.81. The summed E-state index contributed by atoms with van der Waals surface area (Å²) >= 11 is 0. The number of carbonyl (C=O) groups excluding carboxylic acids is 2. The molecule has 2 amide bonds. The van der Waals surface area contributed by atoms with Gasteiger partial charge in [-0.3, -0.25) is 14.5 Å². The Hall–Kier alpha value is -1.39. The lowest BCUT2D eigenvalue weighted by molar-refractivity contribution is -0.157. The Labute approximate surface area is 112 Å². The smallest absolute Gasteiger partial charge is 0.327 e. The molecule has 1 N–H and O–H groups in total. The minimum absolute atomic E-state index is 0.230. The van der Waals surface area contributed by atoms with Crippen molar-refractivity contribution in [1.29, 1.82) is 0 Å². The molecule has 2 aliphatic carbocycles. The van der Waals surface area contributed by atoms with Gasteiger partial charge in [0.25, 0.3) is 0 Å². The highest BCUT2D eigenvalue weighted by Gasteiger charge is 2.62. The van der Waals surface area contributed by atoms with E-state index >= 15 is 0 Å². The summed E-state index contributed by atoms with van der Waals surface area (Å²) in [5, 5.41) is 9.30. The second-order valence-electron chi connectivity index (χ2n) is 6.46. The lowest BCUT2D eigenvalue weighted by Crippen LogP contribution is -2.49. The number of hydrogen-bond acceptors (Lipinski definition) is 3. The lowest BCUT2D eigenvalue weighted by Gasteiger charge is -2.27. The summed E-state index contributed by atoms with van der Waals surface area (Å²) in [4.78, 5) is 37.4. The summed E-state index contributed by atoms with van der Waals surface area (Å²) in [6.45, 7) is 3.48. The number of carbonyl (C=O) groups is 3. The number of carboxylic acids is 1. The van der Waals surface area contributed by atoms with Crippen LogP contribution in [0.5, 0.6) is 0 Å². The Morgan fingerprint density at radius 2 is 1.63 bits per heavy atom. The van der Waals surface area contributed by atoms with Crippen LogP contribution in [-0.4, -0.2) is 33.8 Å². The fourth-order valence-electron chi connectivity index (χ4n) is 4.40. The normalized spacial score (nSPS) is 38.2. The molecule has 5 atom stereocenters. The van der Waals surface area contributed by atoms with Crippen molar-refractivity contribution in [1.82, 2.24) is 4.90 Å². The molecule has 3 aliphatic rings. The van der Waals surface area contributed by atoms with Gasteiger partial charge in [-0.2, -0.15) is 0 Å². The number of amides is 2. The third-order valence-electron chi connectivity index (χ3n) is 5.12. The molecular weight excluding hydrogens is 246 g/mol. The van der Waals surface area contributed by atoms with E-state index in [1.54, 1.807) is 13.8 Å². The summed E-state index contributed by atoms with van der Waals surface area (Å²) in [6.07, 6.45) is 3.00. The van der Waals surface area contributed by atoms with Crippen molar-refractivity contribution in [2.75, 3.05) is 0 Å². The van der Waals surface area contributed by atoms with Gasteiger partial charge >= 0.3 is 5.97 Å². The second kappa shape index (κ2) is 4.05. The zero-order valence-corrected chi connectivity index (χ0v) is 11.2. The van der Waals surface area contributed by atoms with Crippen molar-refractivity contribution in [3.05, 3.63) is 0 Å². The molecule has 1 unspecified atom stereocenters. The highest BCUT2D eigenvalue weighted by atomic mass is 16.4. The standard InChI is InChI=1S/C14H19NO4/c1-6(2)11(14(18)19)15-12(16)9-7-3-4-8(5-7)10(9)13(15)17/h6-11H,3-5H2,1-2H3,(H,18,19)/t7-,8+,9+,10-,11?. The Balaban J connectivity index is 1.94. The number of rotatable bonds is 3. The summed E-state index contributed by atoms with van der Waals surface area (Å²) < 4.78 is 0.